The van der Waals surface area contributed by atoms with Gasteiger partial charge in [0.15, 0.2) is 5.65 Å². The summed E-state index contributed by atoms with van der Waals surface area (Å²) in [5.41, 5.74) is 4.30. The molecule has 0 saturated carbocycles. The van der Waals surface area contributed by atoms with Crippen LogP contribution in [0.2, 0.25) is 0 Å². The van der Waals surface area contributed by atoms with Crippen molar-refractivity contribution in [1.29, 1.82) is 0 Å². The molecule has 41 heavy (non-hydrogen) atoms. The van der Waals surface area contributed by atoms with Crippen LogP contribution in [0.5, 0.6) is 0 Å². The first-order valence-corrected chi connectivity index (χ1v) is 14.0. The van der Waals surface area contributed by atoms with E-state index in [1.54, 1.807) is 21.9 Å². The van der Waals surface area contributed by atoms with E-state index in [9.17, 15) is 14.0 Å². The van der Waals surface area contributed by atoms with Crippen molar-refractivity contribution >= 4 is 34.4 Å². The molecule has 1 N–H and O–H groups in total. The number of fused-ring (bicyclic) bond motifs is 1. The molecule has 12 heteroatoms. The maximum absolute atomic E-state index is 13.5. The lowest BCUT2D eigenvalue weighted by molar-refractivity contribution is -0.132. The van der Waals surface area contributed by atoms with Crippen LogP contribution < -0.4 is 0 Å². The van der Waals surface area contributed by atoms with Crippen LogP contribution in [0.15, 0.2) is 34.9 Å². The van der Waals surface area contributed by atoms with Crippen LogP contribution in [0.4, 0.5) is 4.39 Å². The third kappa shape index (κ3) is 8.18. The second kappa shape index (κ2) is 12.9. The van der Waals surface area contributed by atoms with Crippen molar-refractivity contribution in [3.05, 3.63) is 63.7 Å². The topological polar surface area (TPSA) is 112 Å². The van der Waals surface area contributed by atoms with Gasteiger partial charge in [-0.1, -0.05) is 20.8 Å². The molecule has 1 saturated heterocycles. The summed E-state index contributed by atoms with van der Waals surface area (Å²) in [4.78, 5) is 33.0. The molecule has 10 nitrogen and oxygen atoms in total. The monoisotopic (exact) mass is 628 g/mol. The van der Waals surface area contributed by atoms with Crippen LogP contribution in [0.1, 0.15) is 57.5 Å². The van der Waals surface area contributed by atoms with E-state index in [0.717, 1.165) is 52.6 Å². The second-order valence-corrected chi connectivity index (χ2v) is 12.5. The highest BCUT2D eigenvalue weighted by Gasteiger charge is 2.31. The van der Waals surface area contributed by atoms with Gasteiger partial charge >= 0.3 is 0 Å². The third-order valence-electron chi connectivity index (χ3n) is 6.55. The van der Waals surface area contributed by atoms with Crippen LogP contribution in [-0.2, 0) is 15.0 Å². The molecule has 1 aromatic carbocycles. The molecular formula is C29H38BrFN8O2. The number of benzene rings is 1. The van der Waals surface area contributed by atoms with E-state index in [-0.39, 0.29) is 16.8 Å². The zero-order valence-electron chi connectivity index (χ0n) is 24.9. The van der Waals surface area contributed by atoms with Crippen molar-refractivity contribution in [2.75, 3.05) is 19.6 Å². The number of rotatable bonds is 3. The number of aryl methyl sites for hydroxylation is 3. The summed E-state index contributed by atoms with van der Waals surface area (Å²) in [6.45, 7) is 17.9. The van der Waals surface area contributed by atoms with Crippen molar-refractivity contribution in [1.82, 2.24) is 39.6 Å². The minimum atomic E-state index is -0.278. The second-order valence-electron chi connectivity index (χ2n) is 11.6. The van der Waals surface area contributed by atoms with Crippen molar-refractivity contribution in [3.63, 3.8) is 0 Å². The number of piperazine rings is 1. The standard InChI is InChI=1S/C17H17BrFN3.C8H14N2O2.C4H7N3/c1-10-9-22-16(20-10)12(17(2,3)4)8-15(21-22)11-5-6-14(19)13(18)7-11;1-8(2)5-9(6-11)3-4-10(8)7-12;1-3-5-4(2)7-6-3/h5-9H,1-4H3;6-7H,3-5H2,1-2H3;1-2H3,(H,5,6,7). The fraction of sp³-hybridized carbons (Fsp3) is 0.448. The van der Waals surface area contributed by atoms with Gasteiger partial charge < -0.3 is 9.80 Å². The number of aromatic nitrogens is 6. The van der Waals surface area contributed by atoms with Crippen molar-refractivity contribution < 1.29 is 14.0 Å². The summed E-state index contributed by atoms with van der Waals surface area (Å²) in [5, 5.41) is 11.1. The largest absolute Gasteiger partial charge is 0.341 e. The number of halogens is 2. The van der Waals surface area contributed by atoms with E-state index in [1.165, 1.54) is 6.07 Å². The summed E-state index contributed by atoms with van der Waals surface area (Å²) in [5.74, 6) is 1.40. The molecule has 4 aromatic rings. The van der Waals surface area contributed by atoms with Gasteiger partial charge in [0.1, 0.15) is 17.5 Å². The first-order chi connectivity index (χ1) is 19.1. The molecule has 3 aromatic heterocycles. The number of nitrogens with one attached hydrogen (secondary N) is 1. The van der Waals surface area contributed by atoms with Crippen molar-refractivity contribution in [3.8, 4) is 11.3 Å². The third-order valence-corrected chi connectivity index (χ3v) is 7.16. The molecule has 0 spiro atoms. The minimum absolute atomic E-state index is 0.0615. The van der Waals surface area contributed by atoms with E-state index in [1.807, 2.05) is 51.4 Å². The quantitative estimate of drug-likeness (QED) is 0.319. The van der Waals surface area contributed by atoms with Crippen LogP contribution in [0.25, 0.3) is 16.9 Å². The van der Waals surface area contributed by atoms with E-state index in [2.05, 4.69) is 62.0 Å². The first kappa shape index (κ1) is 31.9. The number of imidazole rings is 1. The Hall–Kier alpha value is -3.67. The number of aromatic amines is 1. The summed E-state index contributed by atoms with van der Waals surface area (Å²) in [6, 6.07) is 6.98. The average Bonchev–Trinajstić information content (AvgIpc) is 3.47. The Morgan fingerprint density at radius 2 is 1.76 bits per heavy atom. The lowest BCUT2D eigenvalue weighted by Gasteiger charge is -2.43. The number of carbonyl (C=O) groups excluding carboxylic acids is 2. The number of hydrogen-bond donors (Lipinski definition) is 1. The van der Waals surface area contributed by atoms with Crippen LogP contribution in [0, 0.1) is 26.6 Å². The van der Waals surface area contributed by atoms with Gasteiger partial charge in [-0.05, 0) is 80.2 Å². The predicted octanol–water partition coefficient (Wildman–Crippen LogP) is 5.02. The smallest absolute Gasteiger partial charge is 0.210 e. The first-order valence-electron chi connectivity index (χ1n) is 13.2. The molecule has 0 bridgehead atoms. The van der Waals surface area contributed by atoms with Crippen molar-refractivity contribution in [2.45, 2.75) is 66.3 Å². The highest BCUT2D eigenvalue weighted by Crippen LogP contribution is 2.31. The molecular weight excluding hydrogens is 591 g/mol. The summed E-state index contributed by atoms with van der Waals surface area (Å²) in [7, 11) is 0. The highest BCUT2D eigenvalue weighted by atomic mass is 79.9. The van der Waals surface area contributed by atoms with Crippen LogP contribution in [0.3, 0.4) is 0 Å². The summed E-state index contributed by atoms with van der Waals surface area (Å²) >= 11 is 3.23. The van der Waals surface area contributed by atoms with Gasteiger partial charge in [0.2, 0.25) is 12.8 Å². The van der Waals surface area contributed by atoms with Gasteiger partial charge in [-0.15, -0.1) is 0 Å². The zero-order valence-corrected chi connectivity index (χ0v) is 26.5. The van der Waals surface area contributed by atoms with Crippen LogP contribution in [-0.4, -0.2) is 77.6 Å². The molecule has 4 heterocycles. The predicted molar refractivity (Wildman–Crippen MR) is 160 cm³/mol. The molecule has 1 fully saturated rings. The molecule has 0 radical (unpaired) electrons. The van der Waals surface area contributed by atoms with E-state index >= 15 is 0 Å². The number of carbonyl (C=O) groups is 2. The summed E-state index contributed by atoms with van der Waals surface area (Å²) < 4.78 is 15.7. The Labute approximate surface area is 248 Å². The molecule has 0 aliphatic carbocycles. The fourth-order valence-electron chi connectivity index (χ4n) is 4.39. The maximum atomic E-state index is 13.5. The molecule has 2 amide bonds. The molecule has 5 rings (SSSR count). The normalized spacial score (nSPS) is 14.6. The summed E-state index contributed by atoms with van der Waals surface area (Å²) in [6.07, 6.45) is 3.60. The molecule has 0 unspecified atom stereocenters. The lowest BCUT2D eigenvalue weighted by Crippen LogP contribution is -2.58. The van der Waals surface area contributed by atoms with E-state index < -0.39 is 0 Å². The Balaban J connectivity index is 0.000000202. The highest BCUT2D eigenvalue weighted by molar-refractivity contribution is 9.10. The molecule has 220 valence electrons. The van der Waals surface area contributed by atoms with Gasteiger partial charge in [-0.2, -0.15) is 10.2 Å². The molecule has 1 aliphatic rings. The van der Waals surface area contributed by atoms with Gasteiger partial charge in [0.25, 0.3) is 0 Å². The van der Waals surface area contributed by atoms with Gasteiger partial charge in [-0.25, -0.2) is 18.9 Å². The van der Waals surface area contributed by atoms with Crippen LogP contribution >= 0.6 is 15.9 Å². The Morgan fingerprint density at radius 3 is 2.24 bits per heavy atom. The maximum Gasteiger partial charge on any atom is 0.210 e. The minimum Gasteiger partial charge on any atom is -0.341 e. The Kier molecular flexibility index (Phi) is 10.0. The van der Waals surface area contributed by atoms with E-state index in [0.29, 0.717) is 24.1 Å². The Morgan fingerprint density at radius 1 is 1.05 bits per heavy atom. The number of nitrogens with zero attached hydrogens (tertiary/aromatic N) is 7. The molecule has 0 atom stereocenters. The fourth-order valence-corrected chi connectivity index (χ4v) is 4.76. The van der Waals surface area contributed by atoms with Crippen molar-refractivity contribution in [2.24, 2.45) is 0 Å². The van der Waals surface area contributed by atoms with Gasteiger partial charge in [0, 0.05) is 30.8 Å². The lowest BCUT2D eigenvalue weighted by atomic mass is 9.87. The molecule has 1 aliphatic heterocycles. The number of hydrogen-bond acceptors (Lipinski definition) is 6. The number of H-pyrrole nitrogens is 1. The van der Waals surface area contributed by atoms with Gasteiger partial charge in [-0.3, -0.25) is 14.7 Å². The van der Waals surface area contributed by atoms with E-state index in [4.69, 9.17) is 0 Å². The average molecular weight is 630 g/mol. The van der Waals surface area contributed by atoms with Gasteiger partial charge in [0.05, 0.1) is 27.6 Å². The SMILES string of the molecule is CC1(C)CN(C=O)CCN1C=O.Cc1cn2nc(-c3ccc(F)c(Br)c3)cc(C(C)(C)C)c2n1.Cc1n[nH]c(C)n1. The number of amides is 2. The Bertz CT molecular complexity index is 1490. The zero-order chi connectivity index (χ0) is 30.5.